The Morgan fingerprint density at radius 1 is 1.29 bits per heavy atom. The van der Waals surface area contributed by atoms with Gasteiger partial charge in [0.25, 0.3) is 0 Å². The van der Waals surface area contributed by atoms with Gasteiger partial charge in [0.15, 0.2) is 0 Å². The van der Waals surface area contributed by atoms with Crippen LogP contribution in [0, 0.1) is 0 Å². The van der Waals surface area contributed by atoms with E-state index in [-0.39, 0.29) is 0 Å². The first-order valence-corrected chi connectivity index (χ1v) is 6.09. The maximum Gasteiger partial charge on any atom is 0.0946 e. The first kappa shape index (κ1) is 10.5. The van der Waals surface area contributed by atoms with Crippen molar-refractivity contribution in [3.05, 3.63) is 47.1 Å². The van der Waals surface area contributed by atoms with Gasteiger partial charge in [0.1, 0.15) is 0 Å². The average molecular weight is 291 g/mol. The van der Waals surface area contributed by atoms with Crippen molar-refractivity contribution in [2.45, 2.75) is 6.54 Å². The van der Waals surface area contributed by atoms with Crippen LogP contribution in [0.1, 0.15) is 5.69 Å². The van der Waals surface area contributed by atoms with E-state index in [4.69, 9.17) is 0 Å². The molecule has 0 saturated heterocycles. The quantitative estimate of drug-likeness (QED) is 0.727. The van der Waals surface area contributed by atoms with Crippen molar-refractivity contribution in [2.75, 3.05) is 0 Å². The maximum atomic E-state index is 4.41. The fourth-order valence-electron chi connectivity index (χ4n) is 1.87. The molecule has 0 N–H and O–H groups in total. The van der Waals surface area contributed by atoms with E-state index in [1.54, 1.807) is 6.33 Å². The van der Waals surface area contributed by atoms with Gasteiger partial charge < -0.3 is 4.57 Å². The molecule has 0 unspecified atom stereocenters. The number of hydrogen-bond acceptors (Lipinski definition) is 2. The summed E-state index contributed by atoms with van der Waals surface area (Å²) in [7, 11) is 1.99. The number of nitrogens with zero attached hydrogens (tertiary/aromatic N) is 4. The topological polar surface area (TPSA) is 35.6 Å². The number of rotatable bonds is 2. The highest BCUT2D eigenvalue weighted by Gasteiger charge is 2.05. The van der Waals surface area contributed by atoms with Gasteiger partial charge in [-0.15, -0.1) is 0 Å². The molecule has 0 fully saturated rings. The molecule has 3 rings (SSSR count). The second-order valence-electron chi connectivity index (χ2n) is 4.00. The van der Waals surface area contributed by atoms with E-state index in [0.29, 0.717) is 0 Å². The summed E-state index contributed by atoms with van der Waals surface area (Å²) in [6.45, 7) is 0.738. The Labute approximate surface area is 107 Å². The number of aromatic nitrogens is 4. The van der Waals surface area contributed by atoms with Crippen molar-refractivity contribution in [2.24, 2.45) is 7.05 Å². The predicted octanol–water partition coefficient (Wildman–Crippen LogP) is 2.58. The van der Waals surface area contributed by atoms with Gasteiger partial charge in [0.2, 0.25) is 0 Å². The summed E-state index contributed by atoms with van der Waals surface area (Å²) in [5.74, 6) is 0. The van der Waals surface area contributed by atoms with Crippen molar-refractivity contribution >= 4 is 26.8 Å². The zero-order chi connectivity index (χ0) is 11.8. The van der Waals surface area contributed by atoms with Crippen LogP contribution < -0.4 is 0 Å². The third-order valence-electron chi connectivity index (χ3n) is 2.83. The highest BCUT2D eigenvalue weighted by Crippen LogP contribution is 2.19. The predicted molar refractivity (Wildman–Crippen MR) is 69.7 cm³/mol. The summed E-state index contributed by atoms with van der Waals surface area (Å²) in [6, 6.07) is 6.18. The molecule has 17 heavy (non-hydrogen) atoms. The second-order valence-corrected chi connectivity index (χ2v) is 4.92. The monoisotopic (exact) mass is 290 g/mol. The Morgan fingerprint density at radius 3 is 2.94 bits per heavy atom. The lowest BCUT2D eigenvalue weighted by molar-refractivity contribution is 0.668. The molecule has 0 saturated carbocycles. The van der Waals surface area contributed by atoms with Gasteiger partial charge in [-0.25, -0.2) is 4.98 Å². The molecule has 1 aromatic carbocycles. The molecule has 0 spiro atoms. The minimum atomic E-state index is 0.738. The Hall–Kier alpha value is -1.62. The fraction of sp³-hybridized carbons (Fsp3) is 0.167. The molecule has 2 heterocycles. The van der Waals surface area contributed by atoms with Crippen LogP contribution >= 0.6 is 15.9 Å². The number of imidazole rings is 1. The smallest absolute Gasteiger partial charge is 0.0946 e. The van der Waals surface area contributed by atoms with Crippen LogP contribution in [0.2, 0.25) is 0 Å². The Morgan fingerprint density at radius 2 is 2.18 bits per heavy atom. The summed E-state index contributed by atoms with van der Waals surface area (Å²) in [4.78, 5) is 4.11. The number of fused-ring (bicyclic) bond motifs is 1. The third-order valence-corrected chi connectivity index (χ3v) is 3.33. The van der Waals surface area contributed by atoms with E-state index in [9.17, 15) is 0 Å². The minimum Gasteiger partial charge on any atom is -0.336 e. The standard InChI is InChI=1S/C12H11BrN4/c1-16-8-14-6-11(16)7-17-12-3-2-10(13)4-9(12)5-15-17/h2-6,8H,7H2,1H3. The molecule has 0 aliphatic rings. The first-order valence-electron chi connectivity index (χ1n) is 5.30. The number of hydrogen-bond donors (Lipinski definition) is 0. The van der Waals surface area contributed by atoms with E-state index in [2.05, 4.69) is 38.1 Å². The fourth-order valence-corrected chi connectivity index (χ4v) is 2.25. The molecule has 0 atom stereocenters. The van der Waals surface area contributed by atoms with Gasteiger partial charge in [-0.1, -0.05) is 15.9 Å². The van der Waals surface area contributed by atoms with E-state index in [0.717, 1.165) is 27.6 Å². The highest BCUT2D eigenvalue weighted by atomic mass is 79.9. The van der Waals surface area contributed by atoms with Crippen molar-refractivity contribution in [3.63, 3.8) is 0 Å². The molecule has 0 aliphatic carbocycles. The van der Waals surface area contributed by atoms with Gasteiger partial charge in [0.05, 0.1) is 36.5 Å². The molecule has 0 bridgehead atoms. The zero-order valence-electron chi connectivity index (χ0n) is 9.34. The van der Waals surface area contributed by atoms with Crippen LogP contribution in [0.4, 0.5) is 0 Å². The molecular weight excluding hydrogens is 280 g/mol. The Balaban J connectivity index is 2.04. The number of benzene rings is 1. The molecule has 0 aliphatic heterocycles. The molecule has 4 nitrogen and oxygen atoms in total. The number of aryl methyl sites for hydroxylation is 1. The van der Waals surface area contributed by atoms with Crippen molar-refractivity contribution in [1.29, 1.82) is 0 Å². The molecule has 3 aromatic rings. The van der Waals surface area contributed by atoms with Gasteiger partial charge in [-0.05, 0) is 18.2 Å². The lowest BCUT2D eigenvalue weighted by atomic mass is 10.2. The summed E-state index contributed by atoms with van der Waals surface area (Å²) in [5, 5.41) is 5.55. The Kier molecular flexibility index (Phi) is 2.48. The van der Waals surface area contributed by atoms with Crippen LogP contribution in [0.3, 0.4) is 0 Å². The number of halogens is 1. The van der Waals surface area contributed by atoms with E-state index in [1.807, 2.05) is 34.8 Å². The summed E-state index contributed by atoms with van der Waals surface area (Å²) in [5.41, 5.74) is 2.27. The normalized spacial score (nSPS) is 11.2. The second kappa shape index (κ2) is 4.00. The molecule has 86 valence electrons. The molecular formula is C12H11BrN4. The molecule has 5 heteroatoms. The Bertz CT molecular complexity index is 668. The maximum absolute atomic E-state index is 4.41. The van der Waals surface area contributed by atoms with Crippen molar-refractivity contribution < 1.29 is 0 Å². The third kappa shape index (κ3) is 1.86. The molecule has 0 radical (unpaired) electrons. The van der Waals surface area contributed by atoms with Crippen LogP contribution in [-0.2, 0) is 13.6 Å². The van der Waals surface area contributed by atoms with Crippen molar-refractivity contribution in [3.8, 4) is 0 Å². The highest BCUT2D eigenvalue weighted by molar-refractivity contribution is 9.10. The summed E-state index contributed by atoms with van der Waals surface area (Å²) < 4.78 is 5.07. The van der Waals surface area contributed by atoms with E-state index >= 15 is 0 Å². The summed E-state index contributed by atoms with van der Waals surface area (Å²) >= 11 is 3.46. The molecule has 2 aromatic heterocycles. The van der Waals surface area contributed by atoms with Crippen LogP contribution in [0.25, 0.3) is 10.9 Å². The van der Waals surface area contributed by atoms with Crippen LogP contribution in [0.15, 0.2) is 41.4 Å². The van der Waals surface area contributed by atoms with Gasteiger partial charge in [-0.2, -0.15) is 5.10 Å². The van der Waals surface area contributed by atoms with Gasteiger partial charge in [-0.3, -0.25) is 4.68 Å². The van der Waals surface area contributed by atoms with Crippen molar-refractivity contribution in [1.82, 2.24) is 19.3 Å². The lowest BCUT2D eigenvalue weighted by Gasteiger charge is -2.04. The largest absolute Gasteiger partial charge is 0.336 e. The van der Waals surface area contributed by atoms with Crippen LogP contribution in [-0.4, -0.2) is 19.3 Å². The van der Waals surface area contributed by atoms with Crippen LogP contribution in [0.5, 0.6) is 0 Å². The molecule has 0 amide bonds. The van der Waals surface area contributed by atoms with Gasteiger partial charge in [0, 0.05) is 16.9 Å². The lowest BCUT2D eigenvalue weighted by Crippen LogP contribution is -2.05. The first-order chi connectivity index (χ1) is 8.24. The summed E-state index contributed by atoms with van der Waals surface area (Å²) in [6.07, 6.45) is 5.56. The average Bonchev–Trinajstić information content (AvgIpc) is 2.87. The minimum absolute atomic E-state index is 0.738. The zero-order valence-corrected chi connectivity index (χ0v) is 10.9. The van der Waals surface area contributed by atoms with Gasteiger partial charge >= 0.3 is 0 Å². The SMILES string of the molecule is Cn1cncc1Cn1ncc2cc(Br)ccc21. The van der Waals surface area contributed by atoms with E-state index in [1.165, 1.54) is 0 Å². The van der Waals surface area contributed by atoms with E-state index < -0.39 is 0 Å².